The third kappa shape index (κ3) is 3.30. The lowest BCUT2D eigenvalue weighted by Gasteiger charge is -2.18. The number of pyridine rings is 1. The zero-order valence-corrected chi connectivity index (χ0v) is 13.3. The highest BCUT2D eigenvalue weighted by Gasteiger charge is 2.15. The van der Waals surface area contributed by atoms with E-state index >= 15 is 0 Å². The number of ether oxygens (including phenoxy) is 2. The fourth-order valence-electron chi connectivity index (χ4n) is 2.50. The summed E-state index contributed by atoms with van der Waals surface area (Å²) in [5.74, 6) is 1.82. The Bertz CT molecular complexity index is 892. The highest BCUT2D eigenvalue weighted by Crippen LogP contribution is 2.34. The Morgan fingerprint density at radius 1 is 1.04 bits per heavy atom. The van der Waals surface area contributed by atoms with Gasteiger partial charge < -0.3 is 19.3 Å². The largest absolute Gasteiger partial charge is 0.486 e. The van der Waals surface area contributed by atoms with Gasteiger partial charge in [0.05, 0.1) is 6.54 Å². The minimum atomic E-state index is -0.189. The molecular weight excluding hydrogens is 322 g/mol. The second-order valence-corrected chi connectivity index (χ2v) is 5.46. The van der Waals surface area contributed by atoms with Crippen LogP contribution < -0.4 is 14.8 Å². The van der Waals surface area contributed by atoms with Crippen molar-refractivity contribution in [2.75, 3.05) is 13.2 Å². The molecule has 0 saturated carbocycles. The normalized spacial score (nSPS) is 12.6. The van der Waals surface area contributed by atoms with Crippen LogP contribution in [0.2, 0.25) is 0 Å². The van der Waals surface area contributed by atoms with Crippen molar-refractivity contribution in [1.82, 2.24) is 15.5 Å². The Kier molecular flexibility index (Phi) is 4.04. The monoisotopic (exact) mass is 337 g/mol. The van der Waals surface area contributed by atoms with E-state index in [1.165, 1.54) is 0 Å². The Balaban J connectivity index is 1.44. The van der Waals surface area contributed by atoms with Crippen molar-refractivity contribution in [2.45, 2.75) is 6.54 Å². The molecule has 1 aromatic carbocycles. The third-order valence-corrected chi connectivity index (χ3v) is 3.76. The second kappa shape index (κ2) is 6.64. The zero-order chi connectivity index (χ0) is 17.1. The van der Waals surface area contributed by atoms with Crippen LogP contribution in [0, 0.1) is 0 Å². The van der Waals surface area contributed by atoms with Crippen LogP contribution in [0.5, 0.6) is 11.5 Å². The molecule has 25 heavy (non-hydrogen) atoms. The molecule has 0 saturated heterocycles. The molecule has 0 spiro atoms. The van der Waals surface area contributed by atoms with E-state index in [1.807, 2.05) is 18.2 Å². The first kappa shape index (κ1) is 15.2. The molecule has 0 unspecified atom stereocenters. The van der Waals surface area contributed by atoms with E-state index in [0.29, 0.717) is 36.0 Å². The van der Waals surface area contributed by atoms with Gasteiger partial charge in [0.25, 0.3) is 5.91 Å². The van der Waals surface area contributed by atoms with Gasteiger partial charge >= 0.3 is 0 Å². The third-order valence-electron chi connectivity index (χ3n) is 3.76. The fourth-order valence-corrected chi connectivity index (χ4v) is 2.50. The fraction of sp³-hybridized carbons (Fsp3) is 0.167. The van der Waals surface area contributed by atoms with Crippen LogP contribution >= 0.6 is 0 Å². The van der Waals surface area contributed by atoms with Crippen LogP contribution in [0.1, 0.15) is 16.1 Å². The van der Waals surface area contributed by atoms with E-state index in [-0.39, 0.29) is 12.5 Å². The lowest BCUT2D eigenvalue weighted by molar-refractivity contribution is 0.0950. The van der Waals surface area contributed by atoms with Gasteiger partial charge in [-0.2, -0.15) is 0 Å². The molecule has 1 N–H and O–H groups in total. The van der Waals surface area contributed by atoms with Crippen LogP contribution in [-0.4, -0.2) is 29.3 Å². The molecule has 1 amide bonds. The van der Waals surface area contributed by atoms with Crippen LogP contribution in [-0.2, 0) is 6.54 Å². The van der Waals surface area contributed by atoms with Crippen molar-refractivity contribution in [1.29, 1.82) is 0 Å². The molecule has 0 radical (unpaired) electrons. The van der Waals surface area contributed by atoms with Gasteiger partial charge in [-0.3, -0.25) is 9.78 Å². The standard InChI is InChI=1S/C18H15N3O4/c22-18(12-3-5-19-6-4-12)20-11-14-10-16(25-21-14)13-1-2-15-17(9-13)24-8-7-23-15/h1-6,9-10H,7-8,11H2,(H,20,22). The molecule has 0 bridgehead atoms. The molecule has 0 atom stereocenters. The highest BCUT2D eigenvalue weighted by molar-refractivity contribution is 5.93. The van der Waals surface area contributed by atoms with Crippen LogP contribution in [0.15, 0.2) is 53.3 Å². The number of benzene rings is 1. The average Bonchev–Trinajstić information content (AvgIpc) is 3.15. The first-order valence-corrected chi connectivity index (χ1v) is 7.83. The molecule has 2 aromatic heterocycles. The number of nitrogens with one attached hydrogen (secondary N) is 1. The molecule has 126 valence electrons. The topological polar surface area (TPSA) is 86.5 Å². The lowest BCUT2D eigenvalue weighted by atomic mass is 10.1. The van der Waals surface area contributed by atoms with Crippen LogP contribution in [0.4, 0.5) is 0 Å². The van der Waals surface area contributed by atoms with E-state index in [9.17, 15) is 4.79 Å². The average molecular weight is 337 g/mol. The van der Waals surface area contributed by atoms with Gasteiger partial charge in [0.2, 0.25) is 0 Å². The maximum Gasteiger partial charge on any atom is 0.251 e. The SMILES string of the molecule is O=C(NCc1cc(-c2ccc3c(c2)OCCO3)on1)c1ccncc1. The van der Waals surface area contributed by atoms with Gasteiger partial charge in [0.15, 0.2) is 17.3 Å². The first-order chi connectivity index (χ1) is 12.3. The number of rotatable bonds is 4. The van der Waals surface area contributed by atoms with Crippen molar-refractivity contribution in [3.8, 4) is 22.8 Å². The smallest absolute Gasteiger partial charge is 0.251 e. The van der Waals surface area contributed by atoms with Crippen LogP contribution in [0.25, 0.3) is 11.3 Å². The number of fused-ring (bicyclic) bond motifs is 1. The maximum atomic E-state index is 12.0. The van der Waals surface area contributed by atoms with Gasteiger partial charge in [-0.1, -0.05) is 5.16 Å². The number of carbonyl (C=O) groups excluding carboxylic acids is 1. The van der Waals surface area contributed by atoms with E-state index in [4.69, 9.17) is 14.0 Å². The maximum absolute atomic E-state index is 12.0. The summed E-state index contributed by atoms with van der Waals surface area (Å²) in [5.41, 5.74) is 2.02. The molecule has 0 aliphatic carbocycles. The van der Waals surface area contributed by atoms with Crippen molar-refractivity contribution in [2.24, 2.45) is 0 Å². The lowest BCUT2D eigenvalue weighted by Crippen LogP contribution is -2.22. The van der Waals surface area contributed by atoms with Crippen LogP contribution in [0.3, 0.4) is 0 Å². The first-order valence-electron chi connectivity index (χ1n) is 7.83. The minimum absolute atomic E-state index is 0.189. The Labute approximate surface area is 143 Å². The predicted octanol–water partition coefficient (Wildman–Crippen LogP) is 2.44. The number of hydrogen-bond donors (Lipinski definition) is 1. The number of amides is 1. The van der Waals surface area contributed by atoms with Crippen molar-refractivity contribution >= 4 is 5.91 Å². The molecule has 1 aliphatic rings. The van der Waals surface area contributed by atoms with Gasteiger partial charge in [0.1, 0.15) is 18.9 Å². The Morgan fingerprint density at radius 3 is 2.68 bits per heavy atom. The van der Waals surface area contributed by atoms with E-state index in [1.54, 1.807) is 30.6 Å². The predicted molar refractivity (Wildman–Crippen MR) is 88.3 cm³/mol. The summed E-state index contributed by atoms with van der Waals surface area (Å²) in [5, 5.41) is 6.79. The highest BCUT2D eigenvalue weighted by atomic mass is 16.6. The number of aromatic nitrogens is 2. The molecule has 7 nitrogen and oxygen atoms in total. The van der Waals surface area contributed by atoms with Crippen molar-refractivity contribution in [3.05, 3.63) is 60.0 Å². The van der Waals surface area contributed by atoms with Gasteiger partial charge in [-0.05, 0) is 30.3 Å². The van der Waals surface area contributed by atoms with E-state index in [0.717, 1.165) is 11.3 Å². The molecular formula is C18H15N3O4. The summed E-state index contributed by atoms with van der Waals surface area (Å²) < 4.78 is 16.4. The molecule has 1 aliphatic heterocycles. The molecule has 4 rings (SSSR count). The minimum Gasteiger partial charge on any atom is -0.486 e. The van der Waals surface area contributed by atoms with Gasteiger partial charge in [0, 0.05) is 29.6 Å². The summed E-state index contributed by atoms with van der Waals surface area (Å²) in [7, 11) is 0. The zero-order valence-electron chi connectivity index (χ0n) is 13.3. The second-order valence-electron chi connectivity index (χ2n) is 5.46. The number of carbonyl (C=O) groups is 1. The summed E-state index contributed by atoms with van der Waals surface area (Å²) in [6.07, 6.45) is 3.15. The summed E-state index contributed by atoms with van der Waals surface area (Å²) in [6.45, 7) is 1.35. The Morgan fingerprint density at radius 2 is 1.84 bits per heavy atom. The van der Waals surface area contributed by atoms with Gasteiger partial charge in [-0.15, -0.1) is 0 Å². The number of hydrogen-bond acceptors (Lipinski definition) is 6. The van der Waals surface area contributed by atoms with Crippen molar-refractivity contribution in [3.63, 3.8) is 0 Å². The molecule has 3 aromatic rings. The molecule has 0 fully saturated rings. The Hall–Kier alpha value is -3.35. The summed E-state index contributed by atoms with van der Waals surface area (Å²) >= 11 is 0. The number of nitrogens with zero attached hydrogens (tertiary/aromatic N) is 2. The molecule has 3 heterocycles. The molecule has 7 heteroatoms. The quantitative estimate of drug-likeness (QED) is 0.787. The van der Waals surface area contributed by atoms with Crippen molar-refractivity contribution < 1.29 is 18.8 Å². The summed E-state index contributed by atoms with van der Waals surface area (Å²) in [6, 6.07) is 10.7. The van der Waals surface area contributed by atoms with Gasteiger partial charge in [-0.25, -0.2) is 0 Å². The van der Waals surface area contributed by atoms with E-state index in [2.05, 4.69) is 15.5 Å². The summed E-state index contributed by atoms with van der Waals surface area (Å²) in [4.78, 5) is 15.9. The van der Waals surface area contributed by atoms with E-state index < -0.39 is 0 Å².